The molecule has 1 fully saturated rings. The molecule has 0 unspecified atom stereocenters. The first-order valence-corrected chi connectivity index (χ1v) is 14.9. The molecular weight excluding hydrogens is 619 g/mol. The molecule has 1 aliphatic carbocycles. The van der Waals surface area contributed by atoms with Gasteiger partial charge in [0.05, 0.1) is 22.7 Å². The van der Waals surface area contributed by atoms with Crippen LogP contribution >= 0.6 is 0 Å². The highest BCUT2D eigenvalue weighted by atomic mass is 19.4. The molecule has 1 aromatic heterocycles. The van der Waals surface area contributed by atoms with Crippen molar-refractivity contribution < 1.29 is 41.8 Å². The number of aliphatic imine (C=N–C) groups is 1. The molecule has 0 saturated heterocycles. The van der Waals surface area contributed by atoms with Crippen LogP contribution in [0.2, 0.25) is 0 Å². The fraction of sp³-hybridized carbons (Fsp3) is 0.364. The predicted octanol–water partition coefficient (Wildman–Crippen LogP) is 7.07. The zero-order chi connectivity index (χ0) is 33.9. The van der Waals surface area contributed by atoms with Crippen molar-refractivity contribution in [3.63, 3.8) is 0 Å². The Kier molecular flexibility index (Phi) is 7.64. The number of benzene rings is 2. The topological polar surface area (TPSA) is 140 Å². The molecule has 3 heterocycles. The number of carbonyl (C=O) groups excluding carboxylic acids is 3. The molecule has 11 nitrogen and oxygen atoms in total. The van der Waals surface area contributed by atoms with Crippen molar-refractivity contribution in [2.24, 2.45) is 4.99 Å². The summed E-state index contributed by atoms with van der Waals surface area (Å²) in [5.74, 6) is 1.70. The molecule has 0 spiro atoms. The first-order valence-electron chi connectivity index (χ1n) is 14.9. The van der Waals surface area contributed by atoms with E-state index in [9.17, 15) is 27.6 Å². The molecule has 47 heavy (non-hydrogen) atoms. The second kappa shape index (κ2) is 11.3. The van der Waals surface area contributed by atoms with Crippen LogP contribution in [0.15, 0.2) is 53.7 Å². The minimum Gasteiger partial charge on any atom is -0.483 e. The highest BCUT2D eigenvalue weighted by Crippen LogP contribution is 2.52. The number of fused-ring (bicyclic) bond motifs is 4. The van der Waals surface area contributed by atoms with E-state index in [4.69, 9.17) is 14.2 Å². The monoisotopic (exact) mass is 651 g/mol. The maximum atomic E-state index is 13.8. The number of hydrogen-bond donors (Lipinski definition) is 3. The second-order valence-electron chi connectivity index (χ2n) is 13.0. The molecule has 6 rings (SSSR count). The number of anilines is 2. The van der Waals surface area contributed by atoms with E-state index in [1.54, 1.807) is 51.2 Å². The van der Waals surface area contributed by atoms with Gasteiger partial charge in [-0.25, -0.2) is 14.6 Å². The third-order valence-corrected chi connectivity index (χ3v) is 7.75. The van der Waals surface area contributed by atoms with Gasteiger partial charge in [-0.1, -0.05) is 0 Å². The molecule has 246 valence electrons. The Morgan fingerprint density at radius 2 is 1.77 bits per heavy atom. The van der Waals surface area contributed by atoms with Crippen molar-refractivity contribution in [2.75, 3.05) is 10.6 Å². The van der Waals surface area contributed by atoms with Gasteiger partial charge in [0, 0.05) is 29.4 Å². The van der Waals surface area contributed by atoms with Crippen molar-refractivity contribution in [1.29, 1.82) is 0 Å². The Labute approximate surface area is 267 Å². The van der Waals surface area contributed by atoms with Crippen LogP contribution in [-0.2, 0) is 27.7 Å². The van der Waals surface area contributed by atoms with Crippen molar-refractivity contribution in [2.45, 2.75) is 76.8 Å². The lowest BCUT2D eigenvalue weighted by Gasteiger charge is -2.30. The molecule has 3 aromatic rings. The van der Waals surface area contributed by atoms with Crippen molar-refractivity contribution in [1.82, 2.24) is 10.3 Å². The average molecular weight is 652 g/mol. The van der Waals surface area contributed by atoms with Gasteiger partial charge < -0.3 is 30.2 Å². The van der Waals surface area contributed by atoms with Gasteiger partial charge in [0.15, 0.2) is 0 Å². The van der Waals surface area contributed by atoms with Crippen LogP contribution in [-0.4, -0.2) is 40.4 Å². The number of nitrogens with one attached hydrogen (secondary N) is 3. The van der Waals surface area contributed by atoms with E-state index in [0.717, 1.165) is 23.3 Å². The zero-order valence-corrected chi connectivity index (χ0v) is 26.2. The van der Waals surface area contributed by atoms with Crippen LogP contribution < -0.4 is 25.4 Å². The maximum Gasteiger partial charge on any atom is 0.416 e. The Morgan fingerprint density at radius 1 is 1.02 bits per heavy atom. The van der Waals surface area contributed by atoms with E-state index in [2.05, 4.69) is 25.9 Å². The largest absolute Gasteiger partial charge is 0.483 e. The van der Waals surface area contributed by atoms with Crippen molar-refractivity contribution >= 4 is 35.2 Å². The highest BCUT2D eigenvalue weighted by Gasteiger charge is 2.56. The van der Waals surface area contributed by atoms with Crippen molar-refractivity contribution in [3.8, 4) is 17.2 Å². The molecule has 2 aliphatic heterocycles. The molecule has 2 aromatic carbocycles. The highest BCUT2D eigenvalue weighted by molar-refractivity contribution is 6.18. The Bertz CT molecular complexity index is 1830. The molecule has 3 aliphatic rings. The van der Waals surface area contributed by atoms with Crippen LogP contribution in [0.5, 0.6) is 17.2 Å². The van der Waals surface area contributed by atoms with E-state index in [1.165, 1.54) is 19.9 Å². The number of nitrogens with zero attached hydrogens (tertiary/aromatic N) is 2. The third kappa shape index (κ3) is 6.86. The van der Waals surface area contributed by atoms with Crippen LogP contribution in [0, 0.1) is 0 Å². The summed E-state index contributed by atoms with van der Waals surface area (Å²) in [5, 5.41) is 7.76. The number of rotatable bonds is 5. The van der Waals surface area contributed by atoms with Gasteiger partial charge in [-0.2, -0.15) is 18.2 Å². The smallest absolute Gasteiger partial charge is 0.416 e. The minimum absolute atomic E-state index is 0.0899. The van der Waals surface area contributed by atoms with Gasteiger partial charge in [-0.15, -0.1) is 0 Å². The van der Waals surface area contributed by atoms with Gasteiger partial charge in [0.25, 0.3) is 0 Å². The lowest BCUT2D eigenvalue weighted by atomic mass is 9.92. The number of hydrogen-bond acceptors (Lipinski definition) is 7. The number of pyridine rings is 1. The molecule has 0 bridgehead atoms. The van der Waals surface area contributed by atoms with Gasteiger partial charge >= 0.3 is 18.3 Å². The second-order valence-corrected chi connectivity index (χ2v) is 13.0. The molecule has 3 N–H and O–H groups in total. The molecule has 1 saturated carbocycles. The number of aromatic nitrogens is 1. The van der Waals surface area contributed by atoms with Crippen LogP contribution in [0.25, 0.3) is 0 Å². The van der Waals surface area contributed by atoms with Gasteiger partial charge in [0.1, 0.15) is 34.8 Å². The first kappa shape index (κ1) is 31.8. The van der Waals surface area contributed by atoms with Crippen LogP contribution in [0.1, 0.15) is 69.2 Å². The number of halogens is 3. The summed E-state index contributed by atoms with van der Waals surface area (Å²) in [7, 11) is 0. The summed E-state index contributed by atoms with van der Waals surface area (Å²) in [6, 6.07) is 9.17. The predicted molar refractivity (Wildman–Crippen MR) is 165 cm³/mol. The summed E-state index contributed by atoms with van der Waals surface area (Å²) in [6.07, 6.45) is -3.66. The third-order valence-electron chi connectivity index (χ3n) is 7.75. The van der Waals surface area contributed by atoms with E-state index in [0.29, 0.717) is 41.6 Å². The van der Waals surface area contributed by atoms with Crippen molar-refractivity contribution in [3.05, 3.63) is 70.9 Å². The van der Waals surface area contributed by atoms with Gasteiger partial charge in [-0.3, -0.25) is 4.79 Å². The summed E-state index contributed by atoms with van der Waals surface area (Å²) >= 11 is 0. The number of amides is 4. The minimum atomic E-state index is -4.72. The fourth-order valence-corrected chi connectivity index (χ4v) is 5.49. The fourth-order valence-electron chi connectivity index (χ4n) is 5.49. The van der Waals surface area contributed by atoms with Gasteiger partial charge in [0.2, 0.25) is 5.91 Å². The molecular formula is C33H32F3N5O6. The van der Waals surface area contributed by atoms with E-state index in [1.807, 2.05) is 0 Å². The number of alkyl halides is 3. The Hall–Kier alpha value is -5.14. The van der Waals surface area contributed by atoms with E-state index < -0.39 is 41.1 Å². The number of ether oxygens (including phenoxy) is 3. The quantitative estimate of drug-likeness (QED) is 0.268. The van der Waals surface area contributed by atoms with E-state index in [-0.39, 0.29) is 23.1 Å². The van der Waals surface area contributed by atoms with Gasteiger partial charge in [-0.05, 0) is 89.1 Å². The summed E-state index contributed by atoms with van der Waals surface area (Å²) in [5.41, 5.74) is -1.21. The maximum absolute atomic E-state index is 13.8. The van der Waals surface area contributed by atoms with Crippen LogP contribution in [0.4, 0.5) is 34.3 Å². The number of alkyl carbamates (subject to hydrolysis) is 1. The summed E-state index contributed by atoms with van der Waals surface area (Å²) in [4.78, 5) is 45.4. The molecule has 0 radical (unpaired) electrons. The molecule has 14 heteroatoms. The SMILES string of the molecule is CC(C)(C)OC(=O)NC(C)(C)c1cc(NC(=O)/N=C2\[C@H]3Oc4ccc(Oc5ccnc6c5CCC(=O)N6)cc4[C@@H]23)cc(C(F)(F)F)c1. The summed E-state index contributed by atoms with van der Waals surface area (Å²) < 4.78 is 58.9. The Morgan fingerprint density at radius 3 is 2.49 bits per heavy atom. The summed E-state index contributed by atoms with van der Waals surface area (Å²) in [6.45, 7) is 8.05. The molecule has 4 amide bonds. The van der Waals surface area contributed by atoms with Crippen LogP contribution in [0.3, 0.4) is 0 Å². The lowest BCUT2D eigenvalue weighted by Crippen LogP contribution is -2.44. The first-order chi connectivity index (χ1) is 22.0. The average Bonchev–Trinajstić information content (AvgIpc) is 3.46. The number of carbonyl (C=O) groups is 3. The lowest BCUT2D eigenvalue weighted by molar-refractivity contribution is -0.137. The molecule has 2 atom stereocenters. The Balaban J connectivity index is 1.18. The number of urea groups is 1. The zero-order valence-electron chi connectivity index (χ0n) is 26.2. The normalized spacial score (nSPS) is 19.1. The standard InChI is InChI=1S/C33H32F3N5O6/c1-31(2,3)47-30(44)41-32(4,5)16-12-17(33(34,35)36)14-18(13-16)38-29(43)40-26-25-21-15-19(6-8-22(21)46-27(25)26)45-23-10-11-37-28-20(23)7-9-24(42)39-28/h6,8,10-15,25,27H,7,9H2,1-5H3,(H,38,43)(H,41,44)(H,37,39,42)/b40-26-/t25-,27-/m0/s1. The van der Waals surface area contributed by atoms with E-state index >= 15 is 0 Å².